The van der Waals surface area contributed by atoms with Gasteiger partial charge in [0.1, 0.15) is 5.76 Å². The summed E-state index contributed by atoms with van der Waals surface area (Å²) >= 11 is 0. The smallest absolute Gasteiger partial charge is 0.128 e. The van der Waals surface area contributed by atoms with Gasteiger partial charge in [0, 0.05) is 18.9 Å². The van der Waals surface area contributed by atoms with Gasteiger partial charge in [0.05, 0.1) is 12.3 Å². The standard InChI is InChI=1S/C13H14N2O/c1-9-8-14-5-3-11(9)12-13-10(2-6-15-12)4-7-16-13/h3-5,7-8,12,15H,2,6H2,1H3. The van der Waals surface area contributed by atoms with Gasteiger partial charge in [-0.1, -0.05) is 0 Å². The zero-order chi connectivity index (χ0) is 11.0. The van der Waals surface area contributed by atoms with Gasteiger partial charge >= 0.3 is 0 Å². The molecule has 0 fully saturated rings. The Balaban J connectivity index is 2.08. The third kappa shape index (κ3) is 1.44. The van der Waals surface area contributed by atoms with E-state index in [2.05, 4.69) is 29.4 Å². The summed E-state index contributed by atoms with van der Waals surface area (Å²) in [6.07, 6.45) is 6.56. The quantitative estimate of drug-likeness (QED) is 0.791. The number of pyridine rings is 1. The van der Waals surface area contributed by atoms with E-state index in [4.69, 9.17) is 4.42 Å². The lowest BCUT2D eigenvalue weighted by molar-refractivity contribution is 0.424. The van der Waals surface area contributed by atoms with Crippen molar-refractivity contribution in [1.29, 1.82) is 0 Å². The summed E-state index contributed by atoms with van der Waals surface area (Å²) in [5.41, 5.74) is 3.77. The number of hydrogen-bond acceptors (Lipinski definition) is 3. The minimum atomic E-state index is 0.182. The van der Waals surface area contributed by atoms with E-state index in [0.717, 1.165) is 18.7 Å². The molecule has 1 aliphatic rings. The Kier molecular flexibility index (Phi) is 2.26. The molecule has 82 valence electrons. The molecule has 0 aliphatic carbocycles. The molecular formula is C13H14N2O. The average Bonchev–Trinajstić information content (AvgIpc) is 2.77. The number of rotatable bonds is 1. The van der Waals surface area contributed by atoms with Gasteiger partial charge in [-0.3, -0.25) is 4.98 Å². The van der Waals surface area contributed by atoms with Crippen LogP contribution in [0.5, 0.6) is 0 Å². The van der Waals surface area contributed by atoms with Crippen molar-refractivity contribution in [2.45, 2.75) is 19.4 Å². The zero-order valence-electron chi connectivity index (χ0n) is 9.23. The molecule has 1 atom stereocenters. The fraction of sp³-hybridized carbons (Fsp3) is 0.308. The second kappa shape index (κ2) is 3.76. The molecule has 1 aliphatic heterocycles. The van der Waals surface area contributed by atoms with Crippen molar-refractivity contribution in [3.8, 4) is 0 Å². The van der Waals surface area contributed by atoms with Crippen molar-refractivity contribution in [3.05, 3.63) is 53.2 Å². The molecule has 3 rings (SSSR count). The van der Waals surface area contributed by atoms with Crippen LogP contribution < -0.4 is 5.32 Å². The SMILES string of the molecule is Cc1cnccc1C1NCCc2ccoc21. The van der Waals surface area contributed by atoms with Crippen LogP contribution in [0.4, 0.5) is 0 Å². The highest BCUT2D eigenvalue weighted by molar-refractivity contribution is 5.36. The van der Waals surface area contributed by atoms with Crippen LogP contribution in [0.3, 0.4) is 0 Å². The van der Waals surface area contributed by atoms with Crippen molar-refractivity contribution in [2.75, 3.05) is 6.54 Å². The lowest BCUT2D eigenvalue weighted by Gasteiger charge is -2.24. The van der Waals surface area contributed by atoms with Crippen molar-refractivity contribution in [2.24, 2.45) is 0 Å². The predicted molar refractivity (Wildman–Crippen MR) is 61.2 cm³/mol. The first kappa shape index (κ1) is 9.60. The molecule has 0 spiro atoms. The van der Waals surface area contributed by atoms with E-state index in [0.29, 0.717) is 0 Å². The second-order valence-electron chi connectivity index (χ2n) is 4.18. The minimum absolute atomic E-state index is 0.182. The third-order valence-corrected chi connectivity index (χ3v) is 3.16. The lowest BCUT2D eigenvalue weighted by Crippen LogP contribution is -2.30. The highest BCUT2D eigenvalue weighted by atomic mass is 16.3. The molecule has 2 aromatic rings. The number of fused-ring (bicyclic) bond motifs is 1. The van der Waals surface area contributed by atoms with E-state index in [1.165, 1.54) is 16.7 Å². The molecule has 1 N–H and O–H groups in total. The third-order valence-electron chi connectivity index (χ3n) is 3.16. The van der Waals surface area contributed by atoms with Crippen LogP contribution >= 0.6 is 0 Å². The maximum Gasteiger partial charge on any atom is 0.128 e. The van der Waals surface area contributed by atoms with Gasteiger partial charge in [-0.15, -0.1) is 0 Å². The number of furan rings is 1. The summed E-state index contributed by atoms with van der Waals surface area (Å²) in [6.45, 7) is 3.08. The van der Waals surface area contributed by atoms with Crippen LogP contribution in [0.1, 0.15) is 28.5 Å². The normalized spacial score (nSPS) is 19.4. The first-order valence-electron chi connectivity index (χ1n) is 5.56. The van der Waals surface area contributed by atoms with Crippen molar-refractivity contribution >= 4 is 0 Å². The van der Waals surface area contributed by atoms with Gasteiger partial charge in [0.25, 0.3) is 0 Å². The van der Waals surface area contributed by atoms with Crippen LogP contribution in [0.15, 0.2) is 35.2 Å². The summed E-state index contributed by atoms with van der Waals surface area (Å²) in [5.74, 6) is 1.06. The molecule has 2 aromatic heterocycles. The Hall–Kier alpha value is -1.61. The first-order chi connectivity index (χ1) is 7.86. The van der Waals surface area contributed by atoms with Gasteiger partial charge in [-0.2, -0.15) is 0 Å². The van der Waals surface area contributed by atoms with Gasteiger partial charge in [-0.25, -0.2) is 0 Å². The Labute approximate surface area is 94.5 Å². The van der Waals surface area contributed by atoms with Crippen LogP contribution in [0.2, 0.25) is 0 Å². The van der Waals surface area contributed by atoms with Crippen molar-refractivity contribution < 1.29 is 4.42 Å². The second-order valence-corrected chi connectivity index (χ2v) is 4.18. The van der Waals surface area contributed by atoms with E-state index in [9.17, 15) is 0 Å². The van der Waals surface area contributed by atoms with Gasteiger partial charge in [0.15, 0.2) is 0 Å². The molecule has 0 amide bonds. The lowest BCUT2D eigenvalue weighted by atomic mass is 9.95. The van der Waals surface area contributed by atoms with E-state index < -0.39 is 0 Å². The molecule has 0 radical (unpaired) electrons. The highest BCUT2D eigenvalue weighted by Crippen LogP contribution is 2.30. The Morgan fingerprint density at radius 1 is 1.44 bits per heavy atom. The molecule has 0 bridgehead atoms. The number of hydrogen-bond donors (Lipinski definition) is 1. The van der Waals surface area contributed by atoms with Crippen LogP contribution in [0.25, 0.3) is 0 Å². The maximum atomic E-state index is 5.60. The molecule has 3 heterocycles. The molecule has 3 nitrogen and oxygen atoms in total. The monoisotopic (exact) mass is 214 g/mol. The van der Waals surface area contributed by atoms with E-state index in [-0.39, 0.29) is 6.04 Å². The molecule has 0 saturated heterocycles. The molecule has 0 saturated carbocycles. The van der Waals surface area contributed by atoms with Crippen molar-refractivity contribution in [3.63, 3.8) is 0 Å². The summed E-state index contributed by atoms with van der Waals surface area (Å²) in [5, 5.41) is 3.50. The molecule has 16 heavy (non-hydrogen) atoms. The Morgan fingerprint density at radius 3 is 3.25 bits per heavy atom. The number of nitrogens with one attached hydrogen (secondary N) is 1. The fourth-order valence-electron chi connectivity index (χ4n) is 2.31. The summed E-state index contributed by atoms with van der Waals surface area (Å²) < 4.78 is 5.60. The fourth-order valence-corrected chi connectivity index (χ4v) is 2.31. The Bertz CT molecular complexity index is 504. The van der Waals surface area contributed by atoms with E-state index in [1.54, 1.807) is 6.26 Å². The Morgan fingerprint density at radius 2 is 2.38 bits per heavy atom. The van der Waals surface area contributed by atoms with Crippen LogP contribution in [0, 0.1) is 6.92 Å². The summed E-state index contributed by atoms with van der Waals surface area (Å²) in [4.78, 5) is 4.12. The largest absolute Gasteiger partial charge is 0.467 e. The topological polar surface area (TPSA) is 38.1 Å². The highest BCUT2D eigenvalue weighted by Gasteiger charge is 2.25. The molecule has 0 aromatic carbocycles. The predicted octanol–water partition coefficient (Wildman–Crippen LogP) is 2.22. The maximum absolute atomic E-state index is 5.60. The molecular weight excluding hydrogens is 200 g/mol. The number of nitrogens with zero attached hydrogens (tertiary/aromatic N) is 1. The molecule has 3 heteroatoms. The number of aryl methyl sites for hydroxylation is 1. The first-order valence-corrected chi connectivity index (χ1v) is 5.56. The van der Waals surface area contributed by atoms with E-state index >= 15 is 0 Å². The summed E-state index contributed by atoms with van der Waals surface area (Å²) in [7, 11) is 0. The van der Waals surface area contributed by atoms with Crippen LogP contribution in [-0.2, 0) is 6.42 Å². The van der Waals surface area contributed by atoms with E-state index in [1.807, 2.05) is 12.4 Å². The van der Waals surface area contributed by atoms with Gasteiger partial charge < -0.3 is 9.73 Å². The average molecular weight is 214 g/mol. The van der Waals surface area contributed by atoms with Gasteiger partial charge in [0.2, 0.25) is 0 Å². The molecule has 1 unspecified atom stereocenters. The van der Waals surface area contributed by atoms with Crippen molar-refractivity contribution in [1.82, 2.24) is 10.3 Å². The number of aromatic nitrogens is 1. The summed E-state index contributed by atoms with van der Waals surface area (Å²) in [6, 6.07) is 4.31. The minimum Gasteiger partial charge on any atom is -0.467 e. The zero-order valence-corrected chi connectivity index (χ0v) is 9.23. The van der Waals surface area contributed by atoms with Crippen LogP contribution in [-0.4, -0.2) is 11.5 Å². The van der Waals surface area contributed by atoms with Gasteiger partial charge in [-0.05, 0) is 42.2 Å².